The fourth-order valence-electron chi connectivity index (χ4n) is 2.39. The second-order valence-electron chi connectivity index (χ2n) is 6.56. The first kappa shape index (κ1) is 21.4. The molecule has 2 N–H and O–H groups in total. The van der Waals surface area contributed by atoms with Crippen molar-refractivity contribution < 1.29 is 14.3 Å². The number of nitrogens with one attached hydrogen (secondary N) is 2. The van der Waals surface area contributed by atoms with Crippen LogP contribution in [0.4, 0.5) is 0 Å². The molecule has 0 radical (unpaired) electrons. The molecule has 0 aromatic carbocycles. The number of esters is 1. The highest BCUT2D eigenvalue weighted by Gasteiger charge is 2.21. The van der Waals surface area contributed by atoms with Crippen LogP contribution in [0.15, 0.2) is 4.79 Å². The first-order valence-corrected chi connectivity index (χ1v) is 10.7. The second kappa shape index (κ2) is 9.36. The van der Waals surface area contributed by atoms with E-state index in [0.717, 1.165) is 11.3 Å². The highest BCUT2D eigenvalue weighted by atomic mass is 32.2. The van der Waals surface area contributed by atoms with E-state index >= 15 is 0 Å². The first-order valence-electron chi connectivity index (χ1n) is 8.83. The zero-order chi connectivity index (χ0) is 20.1. The molecule has 1 atom stereocenters. The Balaban J connectivity index is 2.18. The van der Waals surface area contributed by atoms with Gasteiger partial charge in [0, 0.05) is 6.54 Å². The van der Waals surface area contributed by atoms with Crippen molar-refractivity contribution in [2.24, 2.45) is 5.92 Å². The van der Waals surface area contributed by atoms with E-state index in [9.17, 15) is 14.4 Å². The number of thioether (sulfide) groups is 1. The third-order valence-electron chi connectivity index (χ3n) is 3.84. The van der Waals surface area contributed by atoms with Gasteiger partial charge < -0.3 is 15.0 Å². The molecule has 0 aliphatic heterocycles. The molecule has 0 saturated carbocycles. The van der Waals surface area contributed by atoms with Crippen molar-refractivity contribution >= 4 is 45.2 Å². The molecule has 0 unspecified atom stereocenters. The minimum atomic E-state index is -0.441. The Morgan fingerprint density at radius 2 is 2.04 bits per heavy atom. The van der Waals surface area contributed by atoms with Gasteiger partial charge in [0.1, 0.15) is 15.5 Å². The summed E-state index contributed by atoms with van der Waals surface area (Å²) in [6.07, 6.45) is 0. The Labute approximate surface area is 166 Å². The molecule has 0 saturated heterocycles. The molecular weight excluding hydrogens is 386 g/mol. The van der Waals surface area contributed by atoms with E-state index in [1.165, 1.54) is 11.8 Å². The molecule has 2 aromatic rings. The van der Waals surface area contributed by atoms with E-state index in [1.807, 2.05) is 20.8 Å². The van der Waals surface area contributed by atoms with E-state index < -0.39 is 5.97 Å². The maximum absolute atomic E-state index is 12.5. The van der Waals surface area contributed by atoms with E-state index in [4.69, 9.17) is 4.74 Å². The summed E-state index contributed by atoms with van der Waals surface area (Å²) < 4.78 is 5.04. The molecule has 2 heterocycles. The standard InChI is InChI=1S/C18H25N3O4S2/c1-6-25-18(24)14-10(4)13-16(23)20-15(21-17(13)27-14)11(5)26-8-12(22)19-7-9(2)3/h9,11H,6-8H2,1-5H3,(H,19,22)(H,20,21,23)/t11-/m0/s1. The maximum Gasteiger partial charge on any atom is 0.348 e. The number of fused-ring (bicyclic) bond motifs is 1. The Hall–Kier alpha value is -1.87. The fourth-order valence-corrected chi connectivity index (χ4v) is 4.25. The predicted octanol–water partition coefficient (Wildman–Crippen LogP) is 3.04. The zero-order valence-electron chi connectivity index (χ0n) is 16.2. The first-order chi connectivity index (χ1) is 12.7. The van der Waals surface area contributed by atoms with E-state index in [1.54, 1.807) is 13.8 Å². The van der Waals surface area contributed by atoms with Crippen LogP contribution in [0.2, 0.25) is 0 Å². The molecule has 2 aromatic heterocycles. The maximum atomic E-state index is 12.5. The Morgan fingerprint density at radius 3 is 2.67 bits per heavy atom. The summed E-state index contributed by atoms with van der Waals surface area (Å²) in [5.74, 6) is 0.690. The molecule has 1 amide bonds. The van der Waals surface area contributed by atoms with E-state index in [2.05, 4.69) is 15.3 Å². The van der Waals surface area contributed by atoms with Crippen LogP contribution in [0.25, 0.3) is 10.2 Å². The quantitative estimate of drug-likeness (QED) is 0.648. The molecule has 148 valence electrons. The van der Waals surface area contributed by atoms with Gasteiger partial charge in [-0.25, -0.2) is 9.78 Å². The average molecular weight is 412 g/mol. The molecule has 0 aliphatic rings. The number of aryl methyl sites for hydroxylation is 1. The number of hydrogen-bond acceptors (Lipinski definition) is 7. The summed E-state index contributed by atoms with van der Waals surface area (Å²) >= 11 is 2.56. The number of carbonyl (C=O) groups is 2. The van der Waals surface area contributed by atoms with Gasteiger partial charge in [-0.15, -0.1) is 23.1 Å². The number of nitrogens with zero attached hydrogens (tertiary/aromatic N) is 1. The molecule has 2 rings (SSSR count). The lowest BCUT2D eigenvalue weighted by Crippen LogP contribution is -2.29. The van der Waals surface area contributed by atoms with Crippen LogP contribution in [-0.2, 0) is 9.53 Å². The topological polar surface area (TPSA) is 101 Å². The third-order valence-corrected chi connectivity index (χ3v) is 6.15. The number of aromatic amines is 1. The second-order valence-corrected chi connectivity index (χ2v) is 8.89. The minimum absolute atomic E-state index is 0.0412. The van der Waals surface area contributed by atoms with Crippen molar-refractivity contribution in [3.8, 4) is 0 Å². The van der Waals surface area contributed by atoms with Gasteiger partial charge in [-0.05, 0) is 32.3 Å². The van der Waals surface area contributed by atoms with Crippen molar-refractivity contribution in [1.82, 2.24) is 15.3 Å². The summed E-state index contributed by atoms with van der Waals surface area (Å²) in [6, 6.07) is 0. The fraction of sp³-hybridized carbons (Fsp3) is 0.556. The van der Waals surface area contributed by atoms with Gasteiger partial charge in [0.05, 0.1) is 23.0 Å². The predicted molar refractivity (Wildman–Crippen MR) is 110 cm³/mol. The number of carbonyl (C=O) groups excluding carboxylic acids is 2. The van der Waals surface area contributed by atoms with Crippen molar-refractivity contribution in [2.45, 2.75) is 39.9 Å². The lowest BCUT2D eigenvalue weighted by Gasteiger charge is -2.11. The summed E-state index contributed by atoms with van der Waals surface area (Å²) in [5.41, 5.74) is 0.304. The number of rotatable bonds is 8. The number of ether oxygens (including phenoxy) is 1. The number of hydrogen-bond donors (Lipinski definition) is 2. The van der Waals surface area contributed by atoms with Crippen molar-refractivity contribution in [2.75, 3.05) is 18.9 Å². The number of H-pyrrole nitrogens is 1. The number of thiophene rings is 1. The molecule has 0 aliphatic carbocycles. The molecule has 27 heavy (non-hydrogen) atoms. The number of aromatic nitrogens is 2. The minimum Gasteiger partial charge on any atom is -0.462 e. The van der Waals surface area contributed by atoms with E-state index in [-0.39, 0.29) is 29.1 Å². The zero-order valence-corrected chi connectivity index (χ0v) is 17.8. The largest absolute Gasteiger partial charge is 0.462 e. The van der Waals surface area contributed by atoms with Gasteiger partial charge in [0.25, 0.3) is 5.56 Å². The van der Waals surface area contributed by atoms with Gasteiger partial charge >= 0.3 is 5.97 Å². The lowest BCUT2D eigenvalue weighted by atomic mass is 10.2. The summed E-state index contributed by atoms with van der Waals surface area (Å²) in [5, 5.41) is 3.11. The molecule has 9 heteroatoms. The molecule has 0 bridgehead atoms. The average Bonchev–Trinajstić information content (AvgIpc) is 2.95. The van der Waals surface area contributed by atoms with Crippen LogP contribution in [0.5, 0.6) is 0 Å². The lowest BCUT2D eigenvalue weighted by molar-refractivity contribution is -0.118. The van der Waals surface area contributed by atoms with Gasteiger partial charge in [0.2, 0.25) is 5.91 Å². The number of amides is 1. The van der Waals surface area contributed by atoms with Crippen molar-refractivity contribution in [1.29, 1.82) is 0 Å². The van der Waals surface area contributed by atoms with Crippen molar-refractivity contribution in [3.63, 3.8) is 0 Å². The van der Waals surface area contributed by atoms with Crippen molar-refractivity contribution in [3.05, 3.63) is 26.6 Å². The van der Waals surface area contributed by atoms with E-state index in [0.29, 0.717) is 38.9 Å². The Bertz CT molecular complexity index is 889. The SMILES string of the molecule is CCOC(=O)c1sc2nc([C@H](C)SCC(=O)NCC(C)C)[nH]c(=O)c2c1C. The summed E-state index contributed by atoms with van der Waals surface area (Å²) in [4.78, 5) is 44.6. The normalized spacial score (nSPS) is 12.4. The highest BCUT2D eigenvalue weighted by Crippen LogP contribution is 2.30. The monoisotopic (exact) mass is 411 g/mol. The molecule has 0 spiro atoms. The van der Waals surface area contributed by atoms with Crippen LogP contribution < -0.4 is 10.9 Å². The summed E-state index contributed by atoms with van der Waals surface area (Å²) in [6.45, 7) is 10.3. The van der Waals surface area contributed by atoms with Gasteiger partial charge in [-0.1, -0.05) is 13.8 Å². The Kier molecular flexibility index (Phi) is 7.43. The van der Waals surface area contributed by atoms with Gasteiger partial charge in [-0.3, -0.25) is 9.59 Å². The summed E-state index contributed by atoms with van der Waals surface area (Å²) in [7, 11) is 0. The van der Waals surface area contributed by atoms with Crippen LogP contribution >= 0.6 is 23.1 Å². The third kappa shape index (κ3) is 5.32. The van der Waals surface area contributed by atoms with Crippen LogP contribution in [-0.4, -0.2) is 40.7 Å². The van der Waals surface area contributed by atoms with Crippen LogP contribution in [0, 0.1) is 12.8 Å². The molecule has 0 fully saturated rings. The highest BCUT2D eigenvalue weighted by molar-refractivity contribution is 8.00. The smallest absolute Gasteiger partial charge is 0.348 e. The molecular formula is C18H25N3O4S2. The molecule has 7 nitrogen and oxygen atoms in total. The van der Waals surface area contributed by atoms with Crippen LogP contribution in [0.3, 0.4) is 0 Å². The van der Waals surface area contributed by atoms with Crippen LogP contribution in [0.1, 0.15) is 54.0 Å². The van der Waals surface area contributed by atoms with Gasteiger partial charge in [0.15, 0.2) is 0 Å². The Morgan fingerprint density at radius 1 is 1.33 bits per heavy atom. The van der Waals surface area contributed by atoms with Gasteiger partial charge in [-0.2, -0.15) is 0 Å².